The zero-order valence-corrected chi connectivity index (χ0v) is 20.2. The van der Waals surface area contributed by atoms with Crippen molar-refractivity contribution in [2.45, 2.75) is 45.1 Å². The molecular formula is C28H30N6O. The maximum atomic E-state index is 13.1. The second-order valence-corrected chi connectivity index (χ2v) is 9.45. The normalized spacial score (nSPS) is 14.4. The highest BCUT2D eigenvalue weighted by atomic mass is 16.1. The van der Waals surface area contributed by atoms with E-state index in [1.807, 2.05) is 36.4 Å². The standard InChI is InChI=1S/C28H30N6O/c1-18(2)31-28-17-30-16-26(32-28)21-6-7-25-23(13-21)14-24(33-34-25)15-27(35)22-5-3-4-20(12-22)19-8-10-29-11-9-19/h3-7,12-14,16-19,29H,8-11,15H2,1-2H3,(H,31,32). The monoisotopic (exact) mass is 466 g/mol. The summed E-state index contributed by atoms with van der Waals surface area (Å²) in [4.78, 5) is 22.1. The quantitative estimate of drug-likeness (QED) is 0.378. The zero-order chi connectivity index (χ0) is 24.2. The summed E-state index contributed by atoms with van der Waals surface area (Å²) in [6, 6.07) is 16.2. The van der Waals surface area contributed by atoms with E-state index in [9.17, 15) is 4.79 Å². The molecule has 1 fully saturated rings. The molecule has 2 aromatic heterocycles. The average Bonchev–Trinajstić information content (AvgIpc) is 2.88. The number of benzene rings is 2. The Balaban J connectivity index is 1.36. The van der Waals surface area contributed by atoms with E-state index in [1.165, 1.54) is 5.56 Å². The number of carbonyl (C=O) groups is 1. The number of anilines is 1. The molecule has 2 aromatic carbocycles. The maximum Gasteiger partial charge on any atom is 0.168 e. The van der Waals surface area contributed by atoms with Crippen LogP contribution in [0.1, 0.15) is 54.2 Å². The molecule has 0 bridgehead atoms. The maximum absolute atomic E-state index is 13.1. The van der Waals surface area contributed by atoms with Crippen LogP contribution in [0.15, 0.2) is 60.9 Å². The van der Waals surface area contributed by atoms with Crippen molar-refractivity contribution in [3.63, 3.8) is 0 Å². The molecule has 5 rings (SSSR count). The van der Waals surface area contributed by atoms with Crippen LogP contribution in [0.4, 0.5) is 5.82 Å². The molecule has 35 heavy (non-hydrogen) atoms. The van der Waals surface area contributed by atoms with Crippen LogP contribution in [-0.2, 0) is 6.42 Å². The van der Waals surface area contributed by atoms with Crippen LogP contribution in [0.2, 0.25) is 0 Å². The van der Waals surface area contributed by atoms with E-state index in [0.29, 0.717) is 11.6 Å². The number of rotatable bonds is 7. The van der Waals surface area contributed by atoms with Gasteiger partial charge < -0.3 is 10.6 Å². The van der Waals surface area contributed by atoms with Crippen molar-refractivity contribution in [1.82, 2.24) is 25.5 Å². The first-order chi connectivity index (χ1) is 17.0. The van der Waals surface area contributed by atoms with Crippen LogP contribution < -0.4 is 10.6 Å². The van der Waals surface area contributed by atoms with E-state index in [2.05, 4.69) is 56.8 Å². The van der Waals surface area contributed by atoms with E-state index < -0.39 is 0 Å². The van der Waals surface area contributed by atoms with Crippen molar-refractivity contribution in [1.29, 1.82) is 0 Å². The zero-order valence-electron chi connectivity index (χ0n) is 20.2. The molecule has 0 radical (unpaired) electrons. The minimum atomic E-state index is 0.0592. The Morgan fingerprint density at radius 2 is 1.91 bits per heavy atom. The SMILES string of the molecule is CC(C)Nc1cncc(-c2ccc3nnc(CC(=O)c4cccc(C5CCNCC5)c4)cc3c2)n1. The fourth-order valence-corrected chi connectivity index (χ4v) is 4.59. The summed E-state index contributed by atoms with van der Waals surface area (Å²) in [5.74, 6) is 1.31. The topological polar surface area (TPSA) is 92.7 Å². The number of hydrogen-bond acceptors (Lipinski definition) is 7. The number of carbonyl (C=O) groups excluding carboxylic acids is 1. The van der Waals surface area contributed by atoms with Gasteiger partial charge in [-0.2, -0.15) is 10.2 Å². The number of piperidine rings is 1. The molecule has 3 heterocycles. The number of nitrogens with one attached hydrogen (secondary N) is 2. The summed E-state index contributed by atoms with van der Waals surface area (Å²) >= 11 is 0. The molecule has 0 unspecified atom stereocenters. The smallest absolute Gasteiger partial charge is 0.168 e. The fourth-order valence-electron chi connectivity index (χ4n) is 4.59. The minimum absolute atomic E-state index is 0.0592. The number of nitrogens with zero attached hydrogens (tertiary/aromatic N) is 4. The van der Waals surface area contributed by atoms with Crippen LogP contribution >= 0.6 is 0 Å². The Hall–Kier alpha value is -3.71. The van der Waals surface area contributed by atoms with Gasteiger partial charge in [-0.15, -0.1) is 0 Å². The van der Waals surface area contributed by atoms with Gasteiger partial charge in [0.2, 0.25) is 0 Å². The lowest BCUT2D eigenvalue weighted by atomic mass is 9.88. The highest BCUT2D eigenvalue weighted by Gasteiger charge is 2.17. The number of aromatic nitrogens is 4. The van der Waals surface area contributed by atoms with Crippen molar-refractivity contribution in [2.24, 2.45) is 0 Å². The van der Waals surface area contributed by atoms with Crippen LogP contribution in [-0.4, -0.2) is 45.1 Å². The second-order valence-electron chi connectivity index (χ2n) is 9.45. The largest absolute Gasteiger partial charge is 0.367 e. The number of hydrogen-bond donors (Lipinski definition) is 2. The Bertz CT molecular complexity index is 1350. The highest BCUT2D eigenvalue weighted by molar-refractivity contribution is 5.98. The molecule has 178 valence electrons. The van der Waals surface area contributed by atoms with Crippen molar-refractivity contribution < 1.29 is 4.79 Å². The van der Waals surface area contributed by atoms with Crippen LogP contribution in [0.3, 0.4) is 0 Å². The molecule has 0 aliphatic carbocycles. The minimum Gasteiger partial charge on any atom is -0.367 e. The highest BCUT2D eigenvalue weighted by Crippen LogP contribution is 2.27. The van der Waals surface area contributed by atoms with Gasteiger partial charge in [0, 0.05) is 22.6 Å². The number of ketones is 1. The summed E-state index contributed by atoms with van der Waals surface area (Å²) in [6.45, 7) is 6.19. The average molecular weight is 467 g/mol. The summed E-state index contributed by atoms with van der Waals surface area (Å²) in [7, 11) is 0. The summed E-state index contributed by atoms with van der Waals surface area (Å²) < 4.78 is 0. The summed E-state index contributed by atoms with van der Waals surface area (Å²) in [5, 5.41) is 16.3. The summed E-state index contributed by atoms with van der Waals surface area (Å²) in [6.07, 6.45) is 5.91. The molecular weight excluding hydrogens is 436 g/mol. The third kappa shape index (κ3) is 5.52. The number of fused-ring (bicyclic) bond motifs is 1. The van der Waals surface area contributed by atoms with E-state index in [4.69, 9.17) is 0 Å². The molecule has 0 atom stereocenters. The number of Topliss-reactive ketones (excluding diaryl/α,β-unsaturated/α-hetero) is 1. The molecule has 1 saturated heterocycles. The Morgan fingerprint density at radius 1 is 1.06 bits per heavy atom. The summed E-state index contributed by atoms with van der Waals surface area (Å²) in [5.41, 5.74) is 5.15. The van der Waals surface area contributed by atoms with Crippen molar-refractivity contribution in [2.75, 3.05) is 18.4 Å². The van der Waals surface area contributed by atoms with Crippen molar-refractivity contribution in [3.05, 3.63) is 77.7 Å². The van der Waals surface area contributed by atoms with Crippen LogP contribution in [0.5, 0.6) is 0 Å². The van der Waals surface area contributed by atoms with Gasteiger partial charge in [-0.3, -0.25) is 9.78 Å². The molecule has 2 N–H and O–H groups in total. The first-order valence-electron chi connectivity index (χ1n) is 12.2. The van der Waals surface area contributed by atoms with E-state index in [1.54, 1.807) is 12.4 Å². The van der Waals surface area contributed by atoms with Gasteiger partial charge in [0.15, 0.2) is 5.78 Å². The lowest BCUT2D eigenvalue weighted by molar-refractivity contribution is 0.0991. The third-order valence-electron chi connectivity index (χ3n) is 6.36. The van der Waals surface area contributed by atoms with Gasteiger partial charge in [0.05, 0.1) is 35.7 Å². The first-order valence-corrected chi connectivity index (χ1v) is 12.2. The Labute approximate surface area is 205 Å². The van der Waals surface area contributed by atoms with Gasteiger partial charge >= 0.3 is 0 Å². The molecule has 1 aliphatic heterocycles. The first kappa shape index (κ1) is 23.1. The molecule has 0 spiro atoms. The van der Waals surface area contributed by atoms with Crippen LogP contribution in [0, 0.1) is 0 Å². The van der Waals surface area contributed by atoms with Gasteiger partial charge in [-0.05, 0) is 75.5 Å². The molecule has 0 amide bonds. The van der Waals surface area contributed by atoms with Crippen molar-refractivity contribution in [3.8, 4) is 11.3 Å². The lowest BCUT2D eigenvalue weighted by Gasteiger charge is -2.23. The molecule has 1 aliphatic rings. The van der Waals surface area contributed by atoms with Gasteiger partial charge in [-0.1, -0.05) is 24.3 Å². The van der Waals surface area contributed by atoms with E-state index in [-0.39, 0.29) is 18.2 Å². The van der Waals surface area contributed by atoms with Gasteiger partial charge in [-0.25, -0.2) is 4.98 Å². The van der Waals surface area contributed by atoms with Gasteiger partial charge in [0.1, 0.15) is 5.82 Å². The Morgan fingerprint density at radius 3 is 2.74 bits per heavy atom. The van der Waals surface area contributed by atoms with Crippen molar-refractivity contribution >= 4 is 22.5 Å². The molecule has 7 nitrogen and oxygen atoms in total. The Kier molecular flexibility index (Phi) is 6.77. The third-order valence-corrected chi connectivity index (χ3v) is 6.36. The van der Waals surface area contributed by atoms with E-state index in [0.717, 1.165) is 59.5 Å². The molecule has 4 aromatic rings. The molecule has 0 saturated carbocycles. The second kappa shape index (κ2) is 10.3. The fraction of sp³-hybridized carbons (Fsp3) is 0.321. The lowest BCUT2D eigenvalue weighted by Crippen LogP contribution is -2.26. The predicted octanol–water partition coefficient (Wildman–Crippen LogP) is 4.80. The van der Waals surface area contributed by atoms with Crippen LogP contribution in [0.25, 0.3) is 22.2 Å². The van der Waals surface area contributed by atoms with Gasteiger partial charge in [0.25, 0.3) is 0 Å². The predicted molar refractivity (Wildman–Crippen MR) is 139 cm³/mol. The molecule has 7 heteroatoms. The van der Waals surface area contributed by atoms with E-state index >= 15 is 0 Å².